The summed E-state index contributed by atoms with van der Waals surface area (Å²) in [6.07, 6.45) is 0. The third-order valence-electron chi connectivity index (χ3n) is 4.01. The molecular weight excluding hydrogens is 291 g/mol. The molecule has 1 aliphatic rings. The zero-order chi connectivity index (χ0) is 16.2. The van der Waals surface area contributed by atoms with Crippen molar-refractivity contribution in [2.75, 3.05) is 6.61 Å². The van der Waals surface area contributed by atoms with Gasteiger partial charge in [-0.25, -0.2) is 4.39 Å². The lowest BCUT2D eigenvalue weighted by molar-refractivity contribution is 0.151. The zero-order valence-electron chi connectivity index (χ0n) is 12.3. The van der Waals surface area contributed by atoms with Crippen molar-refractivity contribution in [2.45, 2.75) is 18.0 Å². The molecule has 0 saturated carbocycles. The van der Waals surface area contributed by atoms with Gasteiger partial charge in [-0.1, -0.05) is 24.0 Å². The molecule has 1 saturated heterocycles. The van der Waals surface area contributed by atoms with Crippen LogP contribution in [-0.2, 0) is 0 Å². The van der Waals surface area contributed by atoms with Gasteiger partial charge in [0.05, 0.1) is 12.7 Å². The molecular formula is C19H15FN2O. The number of nitrogens with one attached hydrogen (secondary N) is 1. The average Bonchev–Trinajstić information content (AvgIpc) is 2.55. The zero-order valence-corrected chi connectivity index (χ0v) is 12.3. The van der Waals surface area contributed by atoms with E-state index >= 15 is 0 Å². The van der Waals surface area contributed by atoms with Crippen LogP contribution < -0.4 is 5.32 Å². The number of halogens is 1. The highest BCUT2D eigenvalue weighted by molar-refractivity contribution is 5.44. The number of hydrogen-bond acceptors (Lipinski definition) is 3. The molecule has 2 aromatic carbocycles. The Morgan fingerprint density at radius 3 is 2.09 bits per heavy atom. The normalized spacial score (nSPS) is 22.4. The summed E-state index contributed by atoms with van der Waals surface area (Å²) in [7, 11) is 0. The Kier molecular flexibility index (Phi) is 4.39. The predicted octanol–water partition coefficient (Wildman–Crippen LogP) is 2.17. The quantitative estimate of drug-likeness (QED) is 0.836. The first-order valence-electron chi connectivity index (χ1n) is 7.35. The second-order valence-electron chi connectivity index (χ2n) is 5.47. The van der Waals surface area contributed by atoms with Gasteiger partial charge in [-0.3, -0.25) is 5.32 Å². The molecule has 0 spiro atoms. The Hall–Kier alpha value is -2.66. The van der Waals surface area contributed by atoms with Gasteiger partial charge >= 0.3 is 0 Å². The van der Waals surface area contributed by atoms with Crippen molar-refractivity contribution in [1.29, 1.82) is 5.26 Å². The van der Waals surface area contributed by atoms with E-state index in [9.17, 15) is 9.50 Å². The molecule has 1 aliphatic heterocycles. The van der Waals surface area contributed by atoms with E-state index in [1.807, 2.05) is 24.3 Å². The molecule has 2 aromatic rings. The molecule has 3 rings (SSSR count). The Labute approximate surface area is 134 Å². The van der Waals surface area contributed by atoms with Gasteiger partial charge < -0.3 is 5.11 Å². The maximum absolute atomic E-state index is 12.8. The SMILES string of the molecule is N#C[C@H]1N[C@H](CO)[C@H]1c1ccc(C#Cc2ccc(F)cc2)cc1. The first-order valence-corrected chi connectivity index (χ1v) is 7.35. The minimum absolute atomic E-state index is 0.00380. The molecule has 0 unspecified atom stereocenters. The van der Waals surface area contributed by atoms with Crippen molar-refractivity contribution in [2.24, 2.45) is 0 Å². The Bertz CT molecular complexity index is 781. The van der Waals surface area contributed by atoms with Crippen LogP contribution in [0.4, 0.5) is 4.39 Å². The predicted molar refractivity (Wildman–Crippen MR) is 85.0 cm³/mol. The fourth-order valence-corrected chi connectivity index (χ4v) is 2.73. The minimum atomic E-state index is -0.278. The summed E-state index contributed by atoms with van der Waals surface area (Å²) in [5.41, 5.74) is 2.62. The van der Waals surface area contributed by atoms with E-state index in [0.717, 1.165) is 16.7 Å². The van der Waals surface area contributed by atoms with Crippen molar-refractivity contribution in [3.63, 3.8) is 0 Å². The van der Waals surface area contributed by atoms with Crippen molar-refractivity contribution in [3.8, 4) is 17.9 Å². The number of aliphatic hydroxyl groups excluding tert-OH is 1. The lowest BCUT2D eigenvalue weighted by atomic mass is 9.78. The Morgan fingerprint density at radius 1 is 1.00 bits per heavy atom. The molecule has 0 radical (unpaired) electrons. The van der Waals surface area contributed by atoms with Gasteiger partial charge in [0.1, 0.15) is 11.9 Å². The highest BCUT2D eigenvalue weighted by atomic mass is 19.1. The van der Waals surface area contributed by atoms with Gasteiger partial charge in [-0.2, -0.15) is 5.26 Å². The summed E-state index contributed by atoms with van der Waals surface area (Å²) in [6, 6.07) is 15.6. The Morgan fingerprint density at radius 2 is 1.57 bits per heavy atom. The van der Waals surface area contributed by atoms with Gasteiger partial charge in [0, 0.05) is 23.1 Å². The van der Waals surface area contributed by atoms with E-state index in [0.29, 0.717) is 0 Å². The molecule has 1 heterocycles. The van der Waals surface area contributed by atoms with Crippen LogP contribution in [0.5, 0.6) is 0 Å². The average molecular weight is 306 g/mol. The third kappa shape index (κ3) is 3.24. The topological polar surface area (TPSA) is 56.0 Å². The summed E-state index contributed by atoms with van der Waals surface area (Å²) >= 11 is 0. The van der Waals surface area contributed by atoms with Crippen LogP contribution in [0.2, 0.25) is 0 Å². The van der Waals surface area contributed by atoms with E-state index in [1.165, 1.54) is 12.1 Å². The molecule has 0 amide bonds. The maximum Gasteiger partial charge on any atom is 0.123 e. The molecule has 1 fully saturated rings. The van der Waals surface area contributed by atoms with Gasteiger partial charge in [-0.15, -0.1) is 0 Å². The molecule has 0 bridgehead atoms. The van der Waals surface area contributed by atoms with Crippen LogP contribution >= 0.6 is 0 Å². The van der Waals surface area contributed by atoms with Gasteiger partial charge in [0.25, 0.3) is 0 Å². The first-order chi connectivity index (χ1) is 11.2. The fraction of sp³-hybridized carbons (Fsp3) is 0.211. The molecule has 0 aliphatic carbocycles. The van der Waals surface area contributed by atoms with Crippen molar-refractivity contribution >= 4 is 0 Å². The maximum atomic E-state index is 12.8. The highest BCUT2D eigenvalue weighted by Gasteiger charge is 2.40. The number of hydrogen-bond donors (Lipinski definition) is 2. The van der Waals surface area contributed by atoms with Crippen LogP contribution in [0.25, 0.3) is 0 Å². The van der Waals surface area contributed by atoms with Crippen LogP contribution in [0.1, 0.15) is 22.6 Å². The standard InChI is InChI=1S/C19H15FN2O/c20-16-9-5-14(6-10-16)2-1-13-3-7-15(8-4-13)19-17(11-21)22-18(19)12-23/h3-10,17-19,22-23H,12H2/t17-,18-,19+/m1/s1. The second-order valence-corrected chi connectivity index (χ2v) is 5.47. The van der Waals surface area contributed by atoms with Gasteiger partial charge in [0.2, 0.25) is 0 Å². The van der Waals surface area contributed by atoms with Gasteiger partial charge in [0.15, 0.2) is 0 Å². The first kappa shape index (κ1) is 15.2. The molecule has 23 heavy (non-hydrogen) atoms. The van der Waals surface area contributed by atoms with E-state index < -0.39 is 0 Å². The summed E-state index contributed by atoms with van der Waals surface area (Å²) in [4.78, 5) is 0. The van der Waals surface area contributed by atoms with E-state index in [-0.39, 0.29) is 30.4 Å². The molecule has 3 nitrogen and oxygen atoms in total. The Balaban J connectivity index is 1.75. The summed E-state index contributed by atoms with van der Waals surface area (Å²) < 4.78 is 12.8. The number of benzene rings is 2. The summed E-state index contributed by atoms with van der Waals surface area (Å²) in [6.45, 7) is 0.00890. The summed E-state index contributed by atoms with van der Waals surface area (Å²) in [5, 5.41) is 21.4. The van der Waals surface area contributed by atoms with Crippen molar-refractivity contribution in [1.82, 2.24) is 5.32 Å². The van der Waals surface area contributed by atoms with Crippen LogP contribution in [-0.4, -0.2) is 23.8 Å². The molecule has 114 valence electrons. The number of aliphatic hydroxyl groups is 1. The monoisotopic (exact) mass is 306 g/mol. The van der Waals surface area contributed by atoms with E-state index in [1.54, 1.807) is 12.1 Å². The molecule has 0 aromatic heterocycles. The highest BCUT2D eigenvalue weighted by Crippen LogP contribution is 2.31. The lowest BCUT2D eigenvalue weighted by Gasteiger charge is -2.41. The number of rotatable bonds is 2. The van der Waals surface area contributed by atoms with Crippen LogP contribution in [0, 0.1) is 29.0 Å². The van der Waals surface area contributed by atoms with Gasteiger partial charge in [-0.05, 0) is 42.0 Å². The number of nitrogens with zero attached hydrogens (tertiary/aromatic N) is 1. The molecule has 2 N–H and O–H groups in total. The smallest absolute Gasteiger partial charge is 0.123 e. The molecule has 3 atom stereocenters. The van der Waals surface area contributed by atoms with E-state index in [4.69, 9.17) is 5.26 Å². The third-order valence-corrected chi connectivity index (χ3v) is 4.01. The van der Waals surface area contributed by atoms with Crippen LogP contribution in [0.15, 0.2) is 48.5 Å². The summed E-state index contributed by atoms with van der Waals surface area (Å²) in [5.74, 6) is 5.74. The lowest BCUT2D eigenvalue weighted by Crippen LogP contribution is -2.60. The fourth-order valence-electron chi connectivity index (χ4n) is 2.73. The minimum Gasteiger partial charge on any atom is -0.395 e. The molecule has 4 heteroatoms. The van der Waals surface area contributed by atoms with Crippen LogP contribution in [0.3, 0.4) is 0 Å². The van der Waals surface area contributed by atoms with Crippen molar-refractivity contribution < 1.29 is 9.50 Å². The number of nitriles is 1. The van der Waals surface area contributed by atoms with E-state index in [2.05, 4.69) is 23.2 Å². The largest absolute Gasteiger partial charge is 0.395 e. The van der Waals surface area contributed by atoms with Crippen molar-refractivity contribution in [3.05, 3.63) is 71.0 Å². The second kappa shape index (κ2) is 6.62.